The summed E-state index contributed by atoms with van der Waals surface area (Å²) in [6.45, 7) is 8.59. The average Bonchev–Trinajstić information content (AvgIpc) is 2.65. The van der Waals surface area contributed by atoms with Gasteiger partial charge in [-0.05, 0) is 18.6 Å². The summed E-state index contributed by atoms with van der Waals surface area (Å²) in [5.74, 6) is 1.35. The Hall–Kier alpha value is -0.420. The molecule has 0 aromatic rings. The maximum atomic E-state index is 12.6. The minimum Gasteiger partial charge on any atom is -0.336 e. The number of rotatable bonds is 15. The summed E-state index contributed by atoms with van der Waals surface area (Å²) in [5, 5.41) is 3.77. The first-order valence-electron chi connectivity index (χ1n) is 10.5. The van der Waals surface area contributed by atoms with Crippen molar-refractivity contribution in [2.45, 2.75) is 85.0 Å². The van der Waals surface area contributed by atoms with Crippen LogP contribution in [0, 0.1) is 0 Å². The van der Waals surface area contributed by atoms with Crippen LogP contribution >= 0.6 is 23.4 Å². The van der Waals surface area contributed by atoms with Gasteiger partial charge in [0, 0.05) is 25.5 Å². The van der Waals surface area contributed by atoms with Crippen molar-refractivity contribution in [2.24, 2.45) is 4.99 Å². The van der Waals surface area contributed by atoms with Crippen LogP contribution in [-0.4, -0.2) is 47.4 Å². The number of thioether (sulfide) groups is 1. The highest BCUT2D eigenvalue weighted by Gasteiger charge is 2.18. The number of carbonyl (C=O) groups excluding carboxylic acids is 1. The molecule has 0 radical (unpaired) electrons. The monoisotopic (exact) mass is 405 g/mol. The summed E-state index contributed by atoms with van der Waals surface area (Å²) >= 11 is 7.39. The molecule has 4 nitrogen and oxygen atoms in total. The molecule has 6 heteroatoms. The Balaban J connectivity index is 4.70. The predicted octanol–water partition coefficient (Wildman–Crippen LogP) is 6.29. The van der Waals surface area contributed by atoms with E-state index in [1.54, 1.807) is 11.8 Å². The Bertz CT molecular complexity index is 367. The fraction of sp³-hybridized carbons (Fsp3) is 0.900. The lowest BCUT2D eigenvalue weighted by Gasteiger charge is -2.24. The third-order valence-electron chi connectivity index (χ3n) is 4.11. The van der Waals surface area contributed by atoms with Crippen LogP contribution in [0.1, 0.15) is 85.0 Å². The molecule has 0 spiro atoms. The highest BCUT2D eigenvalue weighted by molar-refractivity contribution is 8.13. The second-order valence-electron chi connectivity index (χ2n) is 6.50. The number of aliphatic imine (C=N–C) groups is 1. The van der Waals surface area contributed by atoms with Crippen LogP contribution in [0.2, 0.25) is 0 Å². The van der Waals surface area contributed by atoms with Gasteiger partial charge < -0.3 is 5.32 Å². The Morgan fingerprint density at radius 2 is 1.58 bits per heavy atom. The number of alkyl halides is 1. The van der Waals surface area contributed by atoms with Gasteiger partial charge in [-0.2, -0.15) is 0 Å². The van der Waals surface area contributed by atoms with Crippen molar-refractivity contribution >= 4 is 34.6 Å². The average molecular weight is 406 g/mol. The van der Waals surface area contributed by atoms with Crippen LogP contribution in [0.4, 0.5) is 4.79 Å². The lowest BCUT2D eigenvalue weighted by Crippen LogP contribution is -2.44. The summed E-state index contributed by atoms with van der Waals surface area (Å²) in [4.78, 5) is 19.2. The van der Waals surface area contributed by atoms with Crippen LogP contribution in [0.25, 0.3) is 0 Å². The van der Waals surface area contributed by atoms with Crippen LogP contribution < -0.4 is 5.32 Å². The summed E-state index contributed by atoms with van der Waals surface area (Å²) in [5.41, 5.74) is 0. The van der Waals surface area contributed by atoms with E-state index in [9.17, 15) is 4.79 Å². The number of nitrogens with zero attached hydrogens (tertiary/aromatic N) is 2. The zero-order valence-corrected chi connectivity index (χ0v) is 18.8. The topological polar surface area (TPSA) is 44.7 Å². The van der Waals surface area contributed by atoms with Gasteiger partial charge in [-0.15, -0.1) is 11.6 Å². The normalized spacial score (nSPS) is 11.6. The molecule has 154 valence electrons. The Labute approximate surface area is 170 Å². The number of carbonyl (C=O) groups is 1. The van der Waals surface area contributed by atoms with E-state index >= 15 is 0 Å². The van der Waals surface area contributed by atoms with Crippen LogP contribution in [0.15, 0.2) is 4.99 Å². The van der Waals surface area contributed by atoms with Crippen molar-refractivity contribution in [3.63, 3.8) is 0 Å². The largest absolute Gasteiger partial charge is 0.336 e. The number of hydrogen-bond donors (Lipinski definition) is 1. The van der Waals surface area contributed by atoms with Gasteiger partial charge in [-0.25, -0.2) is 4.79 Å². The van der Waals surface area contributed by atoms with Crippen LogP contribution in [0.5, 0.6) is 0 Å². The number of unbranched alkanes of at least 4 members (excludes halogenated alkanes) is 8. The van der Waals surface area contributed by atoms with E-state index in [1.807, 2.05) is 4.90 Å². The molecule has 0 aromatic carbocycles. The van der Waals surface area contributed by atoms with E-state index in [2.05, 4.69) is 26.1 Å². The van der Waals surface area contributed by atoms with E-state index in [4.69, 9.17) is 16.6 Å². The molecule has 2 amide bonds. The van der Waals surface area contributed by atoms with Gasteiger partial charge in [-0.3, -0.25) is 9.89 Å². The highest BCUT2D eigenvalue weighted by Crippen LogP contribution is 2.13. The van der Waals surface area contributed by atoms with Gasteiger partial charge in [-0.1, -0.05) is 83.9 Å². The molecule has 0 aliphatic heterocycles. The molecule has 0 heterocycles. The smallest absolute Gasteiger partial charge is 0.323 e. The third kappa shape index (κ3) is 13.7. The molecule has 0 saturated carbocycles. The van der Waals surface area contributed by atoms with Crippen molar-refractivity contribution in [3.05, 3.63) is 0 Å². The molecule has 0 unspecified atom stereocenters. The van der Waals surface area contributed by atoms with Crippen molar-refractivity contribution < 1.29 is 4.79 Å². The van der Waals surface area contributed by atoms with E-state index in [0.29, 0.717) is 12.4 Å². The minimum atomic E-state index is -0.0631. The first-order valence-corrected chi connectivity index (χ1v) is 12.0. The standard InChI is InChI=1S/C20H40ClN3OS/c1-4-7-9-11-13-16-23-20(26-6-3)24(19(25)22-17-15-21)18-14-12-10-8-5-2/h4-18H2,1-3H3,(H,22,25). The molecule has 26 heavy (non-hydrogen) atoms. The van der Waals surface area contributed by atoms with E-state index < -0.39 is 0 Å². The zero-order chi connectivity index (χ0) is 19.5. The number of halogens is 1. The Morgan fingerprint density at radius 1 is 0.962 bits per heavy atom. The second-order valence-corrected chi connectivity index (χ2v) is 8.11. The molecule has 0 aliphatic carbocycles. The number of hydrogen-bond acceptors (Lipinski definition) is 3. The van der Waals surface area contributed by atoms with Crippen molar-refractivity contribution in [1.82, 2.24) is 10.2 Å². The molecule has 0 bridgehead atoms. The fourth-order valence-electron chi connectivity index (χ4n) is 2.64. The third-order valence-corrected chi connectivity index (χ3v) is 5.20. The Morgan fingerprint density at radius 3 is 2.15 bits per heavy atom. The summed E-state index contributed by atoms with van der Waals surface area (Å²) in [6.07, 6.45) is 12.1. The predicted molar refractivity (Wildman–Crippen MR) is 119 cm³/mol. The summed E-state index contributed by atoms with van der Waals surface area (Å²) in [6, 6.07) is -0.0631. The molecule has 0 saturated heterocycles. The first-order chi connectivity index (χ1) is 12.7. The van der Waals surface area contributed by atoms with E-state index in [0.717, 1.165) is 43.3 Å². The molecular formula is C20H40ClN3OS. The summed E-state index contributed by atoms with van der Waals surface area (Å²) < 4.78 is 0. The fourth-order valence-corrected chi connectivity index (χ4v) is 3.50. The SMILES string of the molecule is CCCCCCCN=C(SCC)N(CCCCCCC)C(=O)NCCCl. The van der Waals surface area contributed by atoms with Gasteiger partial charge in [0.1, 0.15) is 0 Å². The quantitative estimate of drug-likeness (QED) is 0.150. The van der Waals surface area contributed by atoms with Crippen molar-refractivity contribution in [1.29, 1.82) is 0 Å². The maximum absolute atomic E-state index is 12.6. The molecule has 0 fully saturated rings. The number of amides is 2. The van der Waals surface area contributed by atoms with Gasteiger partial charge in [0.15, 0.2) is 5.17 Å². The van der Waals surface area contributed by atoms with Gasteiger partial charge in [0.2, 0.25) is 0 Å². The molecule has 0 atom stereocenters. The molecule has 0 rings (SSSR count). The lowest BCUT2D eigenvalue weighted by atomic mass is 10.1. The Kier molecular flexibility index (Phi) is 19.0. The van der Waals surface area contributed by atoms with E-state index in [-0.39, 0.29) is 6.03 Å². The lowest BCUT2D eigenvalue weighted by molar-refractivity contribution is 0.221. The van der Waals surface area contributed by atoms with E-state index in [1.165, 1.54) is 44.9 Å². The second kappa shape index (κ2) is 19.3. The van der Waals surface area contributed by atoms with Crippen LogP contribution in [-0.2, 0) is 0 Å². The zero-order valence-electron chi connectivity index (χ0n) is 17.2. The van der Waals surface area contributed by atoms with Crippen LogP contribution in [0.3, 0.4) is 0 Å². The van der Waals surface area contributed by atoms with Gasteiger partial charge in [0.05, 0.1) is 0 Å². The highest BCUT2D eigenvalue weighted by atomic mass is 35.5. The number of amidine groups is 1. The molecule has 0 aromatic heterocycles. The van der Waals surface area contributed by atoms with Gasteiger partial charge >= 0.3 is 6.03 Å². The van der Waals surface area contributed by atoms with Crippen molar-refractivity contribution in [2.75, 3.05) is 31.3 Å². The number of nitrogens with one attached hydrogen (secondary N) is 1. The summed E-state index contributed by atoms with van der Waals surface area (Å²) in [7, 11) is 0. The number of urea groups is 1. The minimum absolute atomic E-state index is 0.0631. The van der Waals surface area contributed by atoms with Gasteiger partial charge in [0.25, 0.3) is 0 Å². The maximum Gasteiger partial charge on any atom is 0.323 e. The molecule has 0 aliphatic rings. The first kappa shape index (κ1) is 25.6. The van der Waals surface area contributed by atoms with Crippen molar-refractivity contribution in [3.8, 4) is 0 Å². The molecule has 1 N–H and O–H groups in total. The molecular weight excluding hydrogens is 366 g/mol.